The molecule has 1 N–H and O–H groups in total. The molecule has 0 aliphatic carbocycles. The van der Waals surface area contributed by atoms with Crippen LogP contribution in [0.1, 0.15) is 28.8 Å². The first-order chi connectivity index (χ1) is 15.0. The molecule has 0 unspecified atom stereocenters. The molecule has 3 amide bonds. The highest BCUT2D eigenvalue weighted by Crippen LogP contribution is 2.12. The average molecular weight is 424 g/mol. The third-order valence-electron chi connectivity index (χ3n) is 5.25. The minimum Gasteiger partial charge on any atom is -0.494 e. The van der Waals surface area contributed by atoms with Crippen LogP contribution in [0, 0.1) is 6.92 Å². The molecule has 1 heterocycles. The number of carbonyl (C=O) groups excluding carboxylic acids is 3. The Labute approximate surface area is 183 Å². The third-order valence-corrected chi connectivity index (χ3v) is 5.25. The molecule has 2 aromatic carbocycles. The summed E-state index contributed by atoms with van der Waals surface area (Å²) in [5.41, 5.74) is 1.70. The van der Waals surface area contributed by atoms with Gasteiger partial charge in [-0.05, 0) is 37.6 Å². The van der Waals surface area contributed by atoms with Crippen molar-refractivity contribution in [2.45, 2.75) is 19.8 Å². The Balaban J connectivity index is 1.32. The summed E-state index contributed by atoms with van der Waals surface area (Å²) in [5, 5.41) is 2.66. The van der Waals surface area contributed by atoms with E-state index in [1.54, 1.807) is 34.1 Å². The number of nitrogens with one attached hydrogen (secondary N) is 1. The number of rotatable bonds is 8. The summed E-state index contributed by atoms with van der Waals surface area (Å²) in [4.78, 5) is 40.3. The number of carbonyl (C=O) groups is 3. The highest BCUT2D eigenvalue weighted by Gasteiger charge is 2.24. The van der Waals surface area contributed by atoms with Gasteiger partial charge in [0.05, 0.1) is 13.2 Å². The van der Waals surface area contributed by atoms with Crippen LogP contribution in [0.15, 0.2) is 54.6 Å². The van der Waals surface area contributed by atoms with Gasteiger partial charge in [0, 0.05) is 38.2 Å². The Bertz CT molecular complexity index is 875. The van der Waals surface area contributed by atoms with Crippen molar-refractivity contribution in [3.8, 4) is 5.75 Å². The van der Waals surface area contributed by atoms with Gasteiger partial charge in [0.25, 0.3) is 5.91 Å². The number of amides is 3. The second kappa shape index (κ2) is 11.2. The predicted molar refractivity (Wildman–Crippen MR) is 118 cm³/mol. The van der Waals surface area contributed by atoms with Gasteiger partial charge in [-0.2, -0.15) is 0 Å². The molecule has 7 heteroatoms. The molecule has 0 saturated carbocycles. The average Bonchev–Trinajstić information content (AvgIpc) is 2.81. The molecule has 0 spiro atoms. The fraction of sp³-hybridized carbons (Fsp3) is 0.375. The normalized spacial score (nSPS) is 13.6. The number of hydrogen-bond donors (Lipinski definition) is 1. The monoisotopic (exact) mass is 423 g/mol. The largest absolute Gasteiger partial charge is 0.494 e. The summed E-state index contributed by atoms with van der Waals surface area (Å²) in [7, 11) is 0. The van der Waals surface area contributed by atoms with Crippen LogP contribution in [0.25, 0.3) is 0 Å². The van der Waals surface area contributed by atoms with Gasteiger partial charge in [0.1, 0.15) is 5.75 Å². The molecule has 1 aliphatic rings. The Morgan fingerprint density at radius 1 is 0.871 bits per heavy atom. The van der Waals surface area contributed by atoms with Crippen molar-refractivity contribution in [2.24, 2.45) is 0 Å². The van der Waals surface area contributed by atoms with E-state index in [0.29, 0.717) is 51.2 Å². The maximum atomic E-state index is 12.4. The second-order valence-corrected chi connectivity index (χ2v) is 7.58. The summed E-state index contributed by atoms with van der Waals surface area (Å²) in [6.45, 7) is 4.45. The summed E-state index contributed by atoms with van der Waals surface area (Å²) in [5.74, 6) is 0.486. The second-order valence-electron chi connectivity index (χ2n) is 7.58. The molecule has 1 saturated heterocycles. The van der Waals surface area contributed by atoms with E-state index in [4.69, 9.17) is 4.74 Å². The van der Waals surface area contributed by atoms with E-state index in [1.807, 2.05) is 37.3 Å². The molecule has 3 rings (SSSR count). The Morgan fingerprint density at radius 2 is 1.48 bits per heavy atom. The zero-order valence-electron chi connectivity index (χ0n) is 17.9. The van der Waals surface area contributed by atoms with E-state index in [0.717, 1.165) is 5.75 Å². The first-order valence-electron chi connectivity index (χ1n) is 10.6. The van der Waals surface area contributed by atoms with Crippen LogP contribution in [0.2, 0.25) is 0 Å². The van der Waals surface area contributed by atoms with Gasteiger partial charge in [-0.15, -0.1) is 0 Å². The fourth-order valence-corrected chi connectivity index (χ4v) is 3.37. The highest BCUT2D eigenvalue weighted by atomic mass is 16.5. The van der Waals surface area contributed by atoms with Crippen molar-refractivity contribution in [1.29, 1.82) is 0 Å². The van der Waals surface area contributed by atoms with Crippen LogP contribution in [0.5, 0.6) is 5.75 Å². The summed E-state index contributed by atoms with van der Waals surface area (Å²) in [6.07, 6.45) is 1.07. The zero-order valence-corrected chi connectivity index (χ0v) is 17.9. The number of hydrogen-bond acceptors (Lipinski definition) is 4. The first kappa shape index (κ1) is 22.3. The van der Waals surface area contributed by atoms with Gasteiger partial charge < -0.3 is 19.9 Å². The van der Waals surface area contributed by atoms with Crippen LogP contribution in [-0.2, 0) is 9.59 Å². The molecule has 0 radical (unpaired) electrons. The smallest absolute Gasteiger partial charge is 0.251 e. The van der Waals surface area contributed by atoms with Crippen LogP contribution >= 0.6 is 0 Å². The summed E-state index contributed by atoms with van der Waals surface area (Å²) in [6, 6.07) is 16.6. The molecule has 7 nitrogen and oxygen atoms in total. The molecular formula is C24H29N3O4. The van der Waals surface area contributed by atoms with Crippen molar-refractivity contribution in [1.82, 2.24) is 15.1 Å². The highest BCUT2D eigenvalue weighted by molar-refractivity contribution is 5.96. The maximum Gasteiger partial charge on any atom is 0.251 e. The molecule has 0 atom stereocenters. The minimum absolute atomic E-state index is 0.0436. The van der Waals surface area contributed by atoms with Crippen LogP contribution < -0.4 is 10.1 Å². The van der Waals surface area contributed by atoms with Gasteiger partial charge in [-0.1, -0.05) is 35.9 Å². The maximum absolute atomic E-state index is 12.4. The molecule has 164 valence electrons. The van der Waals surface area contributed by atoms with E-state index in [1.165, 1.54) is 5.56 Å². The lowest BCUT2D eigenvalue weighted by molar-refractivity contribution is -0.139. The predicted octanol–water partition coefficient (Wildman–Crippen LogP) is 2.25. The molecule has 2 aromatic rings. The number of ether oxygens (including phenoxy) is 1. The van der Waals surface area contributed by atoms with Crippen molar-refractivity contribution in [3.63, 3.8) is 0 Å². The van der Waals surface area contributed by atoms with E-state index in [2.05, 4.69) is 5.32 Å². The standard InChI is InChI=1S/C24H29N3O4/c1-19-9-11-21(12-10-19)31-17-5-8-22(28)26-13-15-27(16-14-26)23(29)18-25-24(30)20-6-3-2-4-7-20/h2-4,6-7,9-12H,5,8,13-18H2,1H3,(H,25,30). The van der Waals surface area contributed by atoms with E-state index < -0.39 is 0 Å². The van der Waals surface area contributed by atoms with Gasteiger partial charge in [0.2, 0.25) is 11.8 Å². The van der Waals surface area contributed by atoms with Gasteiger partial charge in [-0.3, -0.25) is 14.4 Å². The van der Waals surface area contributed by atoms with Crippen molar-refractivity contribution in [3.05, 3.63) is 65.7 Å². The topological polar surface area (TPSA) is 79.0 Å². The van der Waals surface area contributed by atoms with E-state index >= 15 is 0 Å². The van der Waals surface area contributed by atoms with Gasteiger partial charge in [-0.25, -0.2) is 0 Å². The van der Waals surface area contributed by atoms with Gasteiger partial charge >= 0.3 is 0 Å². The summed E-state index contributed by atoms with van der Waals surface area (Å²) < 4.78 is 5.67. The molecule has 1 aliphatic heterocycles. The number of piperazine rings is 1. The first-order valence-corrected chi connectivity index (χ1v) is 10.6. The van der Waals surface area contributed by atoms with E-state index in [-0.39, 0.29) is 24.3 Å². The van der Waals surface area contributed by atoms with Crippen molar-refractivity contribution in [2.75, 3.05) is 39.3 Å². The van der Waals surface area contributed by atoms with Crippen molar-refractivity contribution < 1.29 is 19.1 Å². The van der Waals surface area contributed by atoms with Crippen molar-refractivity contribution >= 4 is 17.7 Å². The molecule has 0 aromatic heterocycles. The fourth-order valence-electron chi connectivity index (χ4n) is 3.37. The number of benzene rings is 2. The quantitative estimate of drug-likeness (QED) is 0.661. The number of aryl methyl sites for hydroxylation is 1. The molecule has 1 fully saturated rings. The van der Waals surface area contributed by atoms with E-state index in [9.17, 15) is 14.4 Å². The van der Waals surface area contributed by atoms with Crippen LogP contribution in [0.4, 0.5) is 0 Å². The zero-order chi connectivity index (χ0) is 22.1. The Morgan fingerprint density at radius 3 is 2.13 bits per heavy atom. The lowest BCUT2D eigenvalue weighted by Crippen LogP contribution is -2.52. The Hall–Kier alpha value is -3.35. The third kappa shape index (κ3) is 6.84. The van der Waals surface area contributed by atoms with Crippen LogP contribution in [0.3, 0.4) is 0 Å². The van der Waals surface area contributed by atoms with Gasteiger partial charge in [0.15, 0.2) is 0 Å². The Kier molecular flexibility index (Phi) is 8.04. The SMILES string of the molecule is Cc1ccc(OCCCC(=O)N2CCN(C(=O)CNC(=O)c3ccccc3)CC2)cc1. The molecule has 31 heavy (non-hydrogen) atoms. The minimum atomic E-state index is -0.268. The number of nitrogens with zero attached hydrogens (tertiary/aromatic N) is 2. The lowest BCUT2D eigenvalue weighted by Gasteiger charge is -2.35. The molecular weight excluding hydrogens is 394 g/mol. The van der Waals surface area contributed by atoms with Crippen LogP contribution in [-0.4, -0.2) is 66.9 Å². The molecule has 0 bridgehead atoms. The lowest BCUT2D eigenvalue weighted by atomic mass is 10.2. The summed E-state index contributed by atoms with van der Waals surface area (Å²) >= 11 is 0.